The molecule has 0 bridgehead atoms. The number of nitrogens with zero attached hydrogens (tertiary/aromatic N) is 4. The van der Waals surface area contributed by atoms with Gasteiger partial charge in [-0.05, 0) is 42.5 Å². The van der Waals surface area contributed by atoms with Gasteiger partial charge in [0.2, 0.25) is 11.9 Å². The molecule has 1 amide bonds. The number of pyridine rings is 1. The summed E-state index contributed by atoms with van der Waals surface area (Å²) < 4.78 is 14.1. The molecule has 7 nitrogen and oxygen atoms in total. The molecule has 9 heteroatoms. The van der Waals surface area contributed by atoms with Crippen LogP contribution < -0.4 is 5.32 Å². The number of carbonyl (C=O) groups excluding carboxylic acids is 1. The molecule has 0 unspecified atom stereocenters. The number of nitrogens with one attached hydrogen (secondary N) is 1. The Labute approximate surface area is 158 Å². The van der Waals surface area contributed by atoms with E-state index in [1.54, 1.807) is 11.0 Å². The summed E-state index contributed by atoms with van der Waals surface area (Å²) in [5.74, 6) is -0.473. The first-order chi connectivity index (χ1) is 13.0. The van der Waals surface area contributed by atoms with Crippen LogP contribution >= 0.6 is 11.3 Å². The Hall–Kier alpha value is -2.65. The van der Waals surface area contributed by atoms with Gasteiger partial charge in [0, 0.05) is 19.3 Å². The lowest BCUT2D eigenvalue weighted by Crippen LogP contribution is -2.30. The Kier molecular flexibility index (Phi) is 4.71. The van der Waals surface area contributed by atoms with E-state index in [9.17, 15) is 14.3 Å². The third-order valence-electron chi connectivity index (χ3n) is 4.55. The predicted molar refractivity (Wildman–Crippen MR) is 100 cm³/mol. The van der Waals surface area contributed by atoms with Gasteiger partial charge in [-0.2, -0.15) is 4.39 Å². The maximum Gasteiger partial charge on any atom is 0.274 e. The zero-order valence-corrected chi connectivity index (χ0v) is 15.4. The molecule has 3 aromatic heterocycles. The van der Waals surface area contributed by atoms with Crippen molar-refractivity contribution in [2.24, 2.45) is 0 Å². The van der Waals surface area contributed by atoms with Crippen molar-refractivity contribution in [1.29, 1.82) is 0 Å². The highest BCUT2D eigenvalue weighted by Gasteiger charge is 2.28. The Bertz CT molecular complexity index is 995. The van der Waals surface area contributed by atoms with Gasteiger partial charge in [-0.1, -0.05) is 0 Å². The molecule has 3 aromatic rings. The standard InChI is InChI=1S/C18H18FN5O2S/c1-10(11-2-5-20-14(19)8-11)21-18-22-13-4-7-27-16(13)15(23-18)17(26)24-6-3-12(25)9-24/h2,4-5,7-8,10,12,25H,3,6,9H2,1H3,(H,21,22,23)/t10-,12-/m0/s1. The van der Waals surface area contributed by atoms with Gasteiger partial charge in [0.05, 0.1) is 22.4 Å². The number of aliphatic hydroxyl groups is 1. The first kappa shape index (κ1) is 17.7. The van der Waals surface area contributed by atoms with Crippen LogP contribution in [0.15, 0.2) is 29.8 Å². The summed E-state index contributed by atoms with van der Waals surface area (Å²) in [6.07, 6.45) is 1.48. The molecule has 4 heterocycles. The highest BCUT2D eigenvalue weighted by molar-refractivity contribution is 7.17. The van der Waals surface area contributed by atoms with Gasteiger partial charge >= 0.3 is 0 Å². The van der Waals surface area contributed by atoms with E-state index in [0.29, 0.717) is 42.2 Å². The molecule has 140 valence electrons. The van der Waals surface area contributed by atoms with Crippen LogP contribution in [0.4, 0.5) is 10.3 Å². The summed E-state index contributed by atoms with van der Waals surface area (Å²) >= 11 is 1.41. The number of carbonyl (C=O) groups is 1. The molecule has 0 aromatic carbocycles. The van der Waals surface area contributed by atoms with E-state index < -0.39 is 12.1 Å². The maximum absolute atomic E-state index is 13.4. The van der Waals surface area contributed by atoms with Crippen molar-refractivity contribution in [3.63, 3.8) is 0 Å². The third kappa shape index (κ3) is 3.60. The minimum Gasteiger partial charge on any atom is -0.391 e. The third-order valence-corrected chi connectivity index (χ3v) is 5.46. The summed E-state index contributed by atoms with van der Waals surface area (Å²) in [5, 5.41) is 14.7. The van der Waals surface area contributed by atoms with E-state index >= 15 is 0 Å². The van der Waals surface area contributed by atoms with Crippen LogP contribution in [-0.4, -0.2) is 50.1 Å². The normalized spacial score (nSPS) is 18.0. The highest BCUT2D eigenvalue weighted by atomic mass is 32.1. The first-order valence-electron chi connectivity index (χ1n) is 8.62. The van der Waals surface area contributed by atoms with E-state index in [0.717, 1.165) is 4.70 Å². The van der Waals surface area contributed by atoms with Gasteiger partial charge in [0.15, 0.2) is 5.69 Å². The van der Waals surface area contributed by atoms with Crippen LogP contribution in [0.1, 0.15) is 35.4 Å². The molecule has 2 atom stereocenters. The summed E-state index contributed by atoms with van der Waals surface area (Å²) in [4.78, 5) is 27.0. The number of likely N-dealkylation sites (tertiary alicyclic amines) is 1. The number of amides is 1. The fourth-order valence-electron chi connectivity index (χ4n) is 3.11. The molecular formula is C18H18FN5O2S. The Morgan fingerprint density at radius 2 is 2.30 bits per heavy atom. The Morgan fingerprint density at radius 3 is 3.04 bits per heavy atom. The van der Waals surface area contributed by atoms with Crippen LogP contribution in [-0.2, 0) is 0 Å². The van der Waals surface area contributed by atoms with E-state index in [1.165, 1.54) is 23.6 Å². The van der Waals surface area contributed by atoms with Crippen LogP contribution in [0.25, 0.3) is 10.2 Å². The number of aromatic nitrogens is 3. The van der Waals surface area contributed by atoms with Crippen LogP contribution in [0.5, 0.6) is 0 Å². The molecular weight excluding hydrogens is 369 g/mol. The van der Waals surface area contributed by atoms with Crippen LogP contribution in [0, 0.1) is 5.95 Å². The number of halogens is 1. The number of aliphatic hydroxyl groups excluding tert-OH is 1. The SMILES string of the molecule is C[C@H](Nc1nc(C(=O)N2CC[C@H](O)C2)c2sccc2n1)c1ccnc(F)c1. The van der Waals surface area contributed by atoms with Gasteiger partial charge < -0.3 is 15.3 Å². The van der Waals surface area contributed by atoms with Gasteiger partial charge in [-0.25, -0.2) is 15.0 Å². The topological polar surface area (TPSA) is 91.2 Å². The van der Waals surface area contributed by atoms with Crippen molar-refractivity contribution < 1.29 is 14.3 Å². The van der Waals surface area contributed by atoms with Crippen molar-refractivity contribution in [3.05, 3.63) is 47.0 Å². The molecule has 0 saturated carbocycles. The number of hydrogen-bond donors (Lipinski definition) is 2. The fraction of sp³-hybridized carbons (Fsp3) is 0.333. The summed E-state index contributed by atoms with van der Waals surface area (Å²) in [6, 6.07) is 4.62. The van der Waals surface area contributed by atoms with Crippen molar-refractivity contribution in [2.75, 3.05) is 18.4 Å². The Morgan fingerprint density at radius 1 is 1.44 bits per heavy atom. The lowest BCUT2D eigenvalue weighted by molar-refractivity contribution is 0.0761. The largest absolute Gasteiger partial charge is 0.391 e. The predicted octanol–water partition coefficient (Wildman–Crippen LogP) is 2.61. The van der Waals surface area contributed by atoms with Crippen molar-refractivity contribution in [2.45, 2.75) is 25.5 Å². The number of hydrogen-bond acceptors (Lipinski definition) is 7. The van der Waals surface area contributed by atoms with Gasteiger partial charge in [0.1, 0.15) is 0 Å². The molecule has 4 rings (SSSR count). The molecule has 1 aliphatic rings. The maximum atomic E-state index is 13.4. The summed E-state index contributed by atoms with van der Waals surface area (Å²) in [6.45, 7) is 2.67. The Balaban J connectivity index is 1.65. The molecule has 0 aliphatic carbocycles. The highest BCUT2D eigenvalue weighted by Crippen LogP contribution is 2.27. The minimum atomic E-state index is -0.557. The van der Waals surface area contributed by atoms with Gasteiger partial charge in [-0.15, -0.1) is 11.3 Å². The van der Waals surface area contributed by atoms with Crippen LogP contribution in [0.3, 0.4) is 0 Å². The van der Waals surface area contributed by atoms with E-state index in [1.807, 2.05) is 18.4 Å². The smallest absolute Gasteiger partial charge is 0.274 e. The second kappa shape index (κ2) is 7.16. The molecule has 1 saturated heterocycles. The van der Waals surface area contributed by atoms with E-state index in [2.05, 4.69) is 20.3 Å². The first-order valence-corrected chi connectivity index (χ1v) is 9.50. The molecule has 1 fully saturated rings. The molecule has 0 radical (unpaired) electrons. The number of fused-ring (bicyclic) bond motifs is 1. The van der Waals surface area contributed by atoms with Crippen molar-refractivity contribution in [1.82, 2.24) is 19.9 Å². The summed E-state index contributed by atoms with van der Waals surface area (Å²) in [7, 11) is 0. The van der Waals surface area contributed by atoms with Crippen LogP contribution in [0.2, 0.25) is 0 Å². The van der Waals surface area contributed by atoms with Gasteiger partial charge in [0.25, 0.3) is 5.91 Å². The van der Waals surface area contributed by atoms with E-state index in [-0.39, 0.29) is 11.9 Å². The average Bonchev–Trinajstić information content (AvgIpc) is 3.29. The van der Waals surface area contributed by atoms with Gasteiger partial charge in [-0.3, -0.25) is 4.79 Å². The minimum absolute atomic E-state index is 0.216. The van der Waals surface area contributed by atoms with Crippen molar-refractivity contribution >= 4 is 33.4 Å². The lowest BCUT2D eigenvalue weighted by Gasteiger charge is -2.17. The summed E-state index contributed by atoms with van der Waals surface area (Å²) in [5.41, 5.74) is 1.69. The molecule has 0 spiro atoms. The number of anilines is 1. The molecule has 2 N–H and O–H groups in total. The zero-order valence-electron chi connectivity index (χ0n) is 14.6. The quantitative estimate of drug-likeness (QED) is 0.669. The molecule has 1 aliphatic heterocycles. The second-order valence-corrected chi connectivity index (χ2v) is 7.42. The lowest BCUT2D eigenvalue weighted by atomic mass is 10.1. The van der Waals surface area contributed by atoms with E-state index in [4.69, 9.17) is 0 Å². The number of rotatable bonds is 4. The average molecular weight is 387 g/mol. The number of thiophene rings is 1. The second-order valence-electron chi connectivity index (χ2n) is 6.50. The fourth-order valence-corrected chi connectivity index (χ4v) is 3.92. The number of β-amino-alcohol motifs (C(OH)–C–C–N with tert-alkyl or cyclic N) is 1. The monoisotopic (exact) mass is 387 g/mol. The van der Waals surface area contributed by atoms with Crippen molar-refractivity contribution in [3.8, 4) is 0 Å². The molecule has 27 heavy (non-hydrogen) atoms. The zero-order chi connectivity index (χ0) is 19.0.